The van der Waals surface area contributed by atoms with Crippen LogP contribution in [0.5, 0.6) is 5.75 Å². The number of amides is 1. The fourth-order valence-electron chi connectivity index (χ4n) is 3.25. The number of guanidine groups is 1. The van der Waals surface area contributed by atoms with Crippen LogP contribution in [0.4, 0.5) is 0 Å². The smallest absolute Gasteiger partial charge is 0.253 e. The molecule has 7 heteroatoms. The summed E-state index contributed by atoms with van der Waals surface area (Å²) in [5.41, 5.74) is 1.73. The lowest BCUT2D eigenvalue weighted by Gasteiger charge is -2.12. The quantitative estimate of drug-likeness (QED) is 0.173. The fourth-order valence-corrected chi connectivity index (χ4v) is 3.25. The first-order chi connectivity index (χ1) is 15.6. The van der Waals surface area contributed by atoms with Crippen molar-refractivity contribution < 1.29 is 9.53 Å². The van der Waals surface area contributed by atoms with Crippen LogP contribution in [0.3, 0.4) is 0 Å². The zero-order valence-electron chi connectivity index (χ0n) is 19.5. The van der Waals surface area contributed by atoms with Crippen LogP contribution in [0.15, 0.2) is 71.7 Å². The first-order valence-electron chi connectivity index (χ1n) is 11.0. The Bertz CT molecular complexity index is 1050. The van der Waals surface area contributed by atoms with Crippen LogP contribution in [0.1, 0.15) is 29.3 Å². The van der Waals surface area contributed by atoms with Gasteiger partial charge in [0, 0.05) is 32.7 Å². The van der Waals surface area contributed by atoms with E-state index < -0.39 is 0 Å². The molecule has 33 heavy (non-hydrogen) atoms. The lowest BCUT2D eigenvalue weighted by molar-refractivity contribution is 0.0827. The molecule has 2 N–H and O–H groups in total. The van der Waals surface area contributed by atoms with Gasteiger partial charge in [0.15, 0.2) is 5.96 Å². The Labute approximate surface area is 213 Å². The lowest BCUT2D eigenvalue weighted by Crippen LogP contribution is -2.38. The van der Waals surface area contributed by atoms with E-state index in [1.54, 1.807) is 19.0 Å². The number of nitrogens with zero attached hydrogens (tertiary/aromatic N) is 2. The Morgan fingerprint density at radius 2 is 1.70 bits per heavy atom. The minimum Gasteiger partial charge on any atom is -0.494 e. The summed E-state index contributed by atoms with van der Waals surface area (Å²) in [6, 6.07) is 22.0. The number of hydrogen-bond donors (Lipinski definition) is 2. The first kappa shape index (κ1) is 26.4. The molecule has 0 bridgehead atoms. The van der Waals surface area contributed by atoms with Crippen LogP contribution in [0, 0.1) is 0 Å². The molecule has 0 aliphatic rings. The summed E-state index contributed by atoms with van der Waals surface area (Å²) in [7, 11) is 3.50. The molecule has 0 atom stereocenters. The average molecular weight is 560 g/mol. The van der Waals surface area contributed by atoms with Crippen molar-refractivity contribution in [2.75, 3.05) is 33.8 Å². The molecule has 0 fully saturated rings. The van der Waals surface area contributed by atoms with Crippen molar-refractivity contribution in [2.24, 2.45) is 4.99 Å². The second kappa shape index (κ2) is 13.7. The standard InChI is InChI=1S/C26H32N4O2.HI/c1-4-27-26(29-19-20-10-12-22(13-11-20)25(31)30(2)3)28-16-7-17-32-24-15-14-21-8-5-6-9-23(21)18-24;/h5-6,8-15,18H,4,7,16-17,19H2,1-3H3,(H2,27,28,29);1H. The zero-order chi connectivity index (χ0) is 22.8. The molecular formula is C26H33IN4O2. The van der Waals surface area contributed by atoms with Crippen LogP contribution >= 0.6 is 24.0 Å². The molecule has 0 saturated carbocycles. The third-order valence-corrected chi connectivity index (χ3v) is 4.97. The van der Waals surface area contributed by atoms with Crippen LogP contribution in [0.2, 0.25) is 0 Å². The number of carbonyl (C=O) groups excluding carboxylic acids is 1. The molecule has 0 radical (unpaired) electrons. The number of aliphatic imine (C=N–C) groups is 1. The Morgan fingerprint density at radius 1 is 0.970 bits per heavy atom. The van der Waals surface area contributed by atoms with Gasteiger partial charge in [-0.25, -0.2) is 4.99 Å². The van der Waals surface area contributed by atoms with E-state index in [4.69, 9.17) is 4.74 Å². The van der Waals surface area contributed by atoms with Crippen molar-refractivity contribution in [3.05, 3.63) is 77.9 Å². The number of fused-ring (bicyclic) bond motifs is 1. The maximum absolute atomic E-state index is 12.0. The zero-order valence-corrected chi connectivity index (χ0v) is 21.8. The summed E-state index contributed by atoms with van der Waals surface area (Å²) < 4.78 is 5.90. The molecule has 6 nitrogen and oxygen atoms in total. The van der Waals surface area contributed by atoms with Gasteiger partial charge in [-0.15, -0.1) is 24.0 Å². The summed E-state index contributed by atoms with van der Waals surface area (Å²) >= 11 is 0. The van der Waals surface area contributed by atoms with Crippen molar-refractivity contribution in [1.29, 1.82) is 0 Å². The molecule has 0 saturated heterocycles. The molecule has 0 aliphatic carbocycles. The Balaban J connectivity index is 0.00000385. The highest BCUT2D eigenvalue weighted by Gasteiger charge is 2.07. The van der Waals surface area contributed by atoms with E-state index in [1.807, 2.05) is 49.4 Å². The molecule has 0 spiro atoms. The lowest BCUT2D eigenvalue weighted by atomic mass is 10.1. The number of ether oxygens (including phenoxy) is 1. The van der Waals surface area contributed by atoms with Gasteiger partial charge in [0.1, 0.15) is 5.75 Å². The number of rotatable bonds is 9. The third-order valence-electron chi connectivity index (χ3n) is 4.97. The van der Waals surface area contributed by atoms with Crippen molar-refractivity contribution in [1.82, 2.24) is 15.5 Å². The molecule has 0 unspecified atom stereocenters. The van der Waals surface area contributed by atoms with E-state index in [2.05, 4.69) is 39.9 Å². The average Bonchev–Trinajstić information content (AvgIpc) is 2.82. The van der Waals surface area contributed by atoms with Gasteiger partial charge in [0.05, 0.1) is 13.2 Å². The molecule has 3 rings (SSSR count). The topological polar surface area (TPSA) is 66.0 Å². The van der Waals surface area contributed by atoms with E-state index in [-0.39, 0.29) is 29.9 Å². The summed E-state index contributed by atoms with van der Waals surface area (Å²) in [6.07, 6.45) is 0.860. The molecule has 3 aromatic carbocycles. The van der Waals surface area contributed by atoms with Crippen LogP contribution in [0.25, 0.3) is 10.8 Å². The molecule has 3 aromatic rings. The highest BCUT2D eigenvalue weighted by atomic mass is 127. The van der Waals surface area contributed by atoms with Gasteiger partial charge in [0.2, 0.25) is 0 Å². The first-order valence-corrected chi connectivity index (χ1v) is 11.0. The Morgan fingerprint density at radius 3 is 2.39 bits per heavy atom. The second-order valence-corrected chi connectivity index (χ2v) is 7.73. The molecule has 0 aromatic heterocycles. The summed E-state index contributed by atoms with van der Waals surface area (Å²) in [4.78, 5) is 18.2. The predicted molar refractivity (Wildman–Crippen MR) is 147 cm³/mol. The summed E-state index contributed by atoms with van der Waals surface area (Å²) in [6.45, 7) is 4.76. The monoisotopic (exact) mass is 560 g/mol. The molecular weight excluding hydrogens is 527 g/mol. The summed E-state index contributed by atoms with van der Waals surface area (Å²) in [5, 5.41) is 9.01. The van der Waals surface area contributed by atoms with E-state index in [9.17, 15) is 4.79 Å². The van der Waals surface area contributed by atoms with Crippen molar-refractivity contribution in [3.8, 4) is 5.75 Å². The van der Waals surface area contributed by atoms with Crippen molar-refractivity contribution >= 4 is 46.6 Å². The maximum Gasteiger partial charge on any atom is 0.253 e. The van der Waals surface area contributed by atoms with E-state index in [0.717, 1.165) is 36.8 Å². The highest BCUT2D eigenvalue weighted by Crippen LogP contribution is 2.20. The minimum atomic E-state index is 0. The summed E-state index contributed by atoms with van der Waals surface area (Å²) in [5.74, 6) is 1.66. The van der Waals surface area contributed by atoms with Crippen LogP contribution in [-0.2, 0) is 6.54 Å². The van der Waals surface area contributed by atoms with Gasteiger partial charge in [0.25, 0.3) is 5.91 Å². The van der Waals surface area contributed by atoms with E-state index in [0.29, 0.717) is 18.7 Å². The maximum atomic E-state index is 12.0. The number of nitrogens with one attached hydrogen (secondary N) is 2. The normalized spacial score (nSPS) is 10.9. The van der Waals surface area contributed by atoms with Gasteiger partial charge >= 0.3 is 0 Å². The Kier molecular flexibility index (Phi) is 11.0. The molecule has 176 valence electrons. The highest BCUT2D eigenvalue weighted by molar-refractivity contribution is 14.0. The second-order valence-electron chi connectivity index (χ2n) is 7.73. The van der Waals surface area contributed by atoms with Crippen molar-refractivity contribution in [2.45, 2.75) is 19.9 Å². The molecule has 0 aliphatic heterocycles. The molecule has 0 heterocycles. The fraction of sp³-hybridized carbons (Fsp3) is 0.308. The van der Waals surface area contributed by atoms with Gasteiger partial charge in [-0.05, 0) is 53.9 Å². The number of carbonyl (C=O) groups is 1. The minimum absolute atomic E-state index is 0. The van der Waals surface area contributed by atoms with Gasteiger partial charge < -0.3 is 20.3 Å². The number of hydrogen-bond acceptors (Lipinski definition) is 3. The largest absolute Gasteiger partial charge is 0.494 e. The third kappa shape index (κ3) is 8.24. The van der Waals surface area contributed by atoms with Crippen LogP contribution < -0.4 is 15.4 Å². The predicted octanol–water partition coefficient (Wildman–Crippen LogP) is 4.68. The van der Waals surface area contributed by atoms with E-state index >= 15 is 0 Å². The van der Waals surface area contributed by atoms with Gasteiger partial charge in [-0.1, -0.05) is 42.5 Å². The van der Waals surface area contributed by atoms with Crippen molar-refractivity contribution in [3.63, 3.8) is 0 Å². The SMILES string of the molecule is CCNC(=NCc1ccc(C(=O)N(C)C)cc1)NCCCOc1ccc2ccccc2c1.I. The van der Waals surface area contributed by atoms with Gasteiger partial charge in [-0.2, -0.15) is 0 Å². The molecule has 1 amide bonds. The van der Waals surface area contributed by atoms with Gasteiger partial charge in [-0.3, -0.25) is 4.79 Å². The number of halogens is 1. The number of benzene rings is 3. The Hall–Kier alpha value is -2.81. The van der Waals surface area contributed by atoms with E-state index in [1.165, 1.54) is 10.8 Å². The van der Waals surface area contributed by atoms with Crippen LogP contribution in [-0.4, -0.2) is 50.6 Å².